The molecule has 0 aliphatic carbocycles. The molecule has 0 saturated carbocycles. The van der Waals surface area contributed by atoms with Crippen LogP contribution < -0.4 is 14.8 Å². The van der Waals surface area contributed by atoms with Crippen molar-refractivity contribution in [2.24, 2.45) is 0 Å². The number of halogens is 1. The first-order chi connectivity index (χ1) is 12.0. The molecule has 0 radical (unpaired) electrons. The number of carbonyl (C=O) groups excluding carboxylic acids is 1. The minimum atomic E-state index is -0.493. The number of ether oxygens (including phenoxy) is 2. The standard InChI is InChI=1S/C19H17BrN2O3/c1-12-4-6-16(7-5-12)22-19(23)14(11-21)8-13-9-15(20)10-17(24-2)18(13)25-3/h4-10H,1-3H3,(H,22,23). The molecule has 2 aromatic carbocycles. The Balaban J connectivity index is 2.37. The molecular weight excluding hydrogens is 384 g/mol. The first-order valence-electron chi connectivity index (χ1n) is 7.39. The lowest BCUT2D eigenvalue weighted by molar-refractivity contribution is -0.112. The van der Waals surface area contributed by atoms with Gasteiger partial charge in [-0.1, -0.05) is 33.6 Å². The van der Waals surface area contributed by atoms with Crippen LogP contribution in [0.25, 0.3) is 6.08 Å². The number of benzene rings is 2. The van der Waals surface area contributed by atoms with Crippen LogP contribution in [0.2, 0.25) is 0 Å². The van der Waals surface area contributed by atoms with Crippen molar-refractivity contribution in [3.63, 3.8) is 0 Å². The zero-order chi connectivity index (χ0) is 18.4. The van der Waals surface area contributed by atoms with Gasteiger partial charge in [0.25, 0.3) is 5.91 Å². The summed E-state index contributed by atoms with van der Waals surface area (Å²) >= 11 is 3.38. The molecule has 2 aromatic rings. The molecular formula is C19H17BrN2O3. The fourth-order valence-electron chi connectivity index (χ4n) is 2.21. The monoisotopic (exact) mass is 400 g/mol. The van der Waals surface area contributed by atoms with Gasteiger partial charge < -0.3 is 14.8 Å². The number of nitrogens with zero attached hydrogens (tertiary/aromatic N) is 1. The van der Waals surface area contributed by atoms with E-state index in [0.29, 0.717) is 22.7 Å². The Morgan fingerprint density at radius 3 is 2.44 bits per heavy atom. The minimum Gasteiger partial charge on any atom is -0.493 e. The molecule has 2 rings (SSSR count). The molecule has 0 unspecified atom stereocenters. The molecule has 0 fully saturated rings. The first kappa shape index (κ1) is 18.6. The van der Waals surface area contributed by atoms with Gasteiger partial charge in [-0.25, -0.2) is 0 Å². The second kappa shape index (κ2) is 8.36. The molecule has 0 aliphatic rings. The van der Waals surface area contributed by atoms with Crippen LogP contribution in [0, 0.1) is 18.3 Å². The summed E-state index contributed by atoms with van der Waals surface area (Å²) < 4.78 is 11.4. The van der Waals surface area contributed by atoms with Gasteiger partial charge in [0, 0.05) is 15.7 Å². The van der Waals surface area contributed by atoms with Crippen molar-refractivity contribution in [3.8, 4) is 17.6 Å². The minimum absolute atomic E-state index is 0.0426. The number of carbonyl (C=O) groups is 1. The summed E-state index contributed by atoms with van der Waals surface area (Å²) in [5.74, 6) is 0.452. The van der Waals surface area contributed by atoms with Crippen LogP contribution >= 0.6 is 15.9 Å². The Labute approximate surface area is 155 Å². The summed E-state index contributed by atoms with van der Waals surface area (Å²) in [6.45, 7) is 1.96. The number of hydrogen-bond acceptors (Lipinski definition) is 4. The van der Waals surface area contributed by atoms with Gasteiger partial charge in [0.2, 0.25) is 0 Å². The highest BCUT2D eigenvalue weighted by molar-refractivity contribution is 9.10. The van der Waals surface area contributed by atoms with Crippen LogP contribution in [0.4, 0.5) is 5.69 Å². The average molecular weight is 401 g/mol. The van der Waals surface area contributed by atoms with Crippen LogP contribution in [0.1, 0.15) is 11.1 Å². The Hall–Kier alpha value is -2.78. The van der Waals surface area contributed by atoms with E-state index in [2.05, 4.69) is 21.2 Å². The van der Waals surface area contributed by atoms with E-state index in [1.54, 1.807) is 24.3 Å². The molecule has 0 bridgehead atoms. The lowest BCUT2D eigenvalue weighted by atomic mass is 10.1. The van der Waals surface area contributed by atoms with E-state index in [1.165, 1.54) is 20.3 Å². The number of nitriles is 1. The highest BCUT2D eigenvalue weighted by atomic mass is 79.9. The molecule has 0 saturated heterocycles. The number of rotatable bonds is 5. The first-order valence-corrected chi connectivity index (χ1v) is 8.19. The van der Waals surface area contributed by atoms with Crippen molar-refractivity contribution < 1.29 is 14.3 Å². The van der Waals surface area contributed by atoms with Crippen LogP contribution in [0.3, 0.4) is 0 Å². The lowest BCUT2D eigenvalue weighted by Gasteiger charge is -2.12. The number of amides is 1. The van der Waals surface area contributed by atoms with Crippen molar-refractivity contribution in [1.29, 1.82) is 5.26 Å². The average Bonchev–Trinajstić information content (AvgIpc) is 2.60. The number of methoxy groups -OCH3 is 2. The molecule has 0 aliphatic heterocycles. The third kappa shape index (κ3) is 4.61. The smallest absolute Gasteiger partial charge is 0.266 e. The number of anilines is 1. The molecule has 128 valence electrons. The highest BCUT2D eigenvalue weighted by Crippen LogP contribution is 2.35. The van der Waals surface area contributed by atoms with Gasteiger partial charge in [-0.15, -0.1) is 0 Å². The van der Waals surface area contributed by atoms with Crippen LogP contribution in [-0.2, 0) is 4.79 Å². The topological polar surface area (TPSA) is 71.3 Å². The molecule has 1 amide bonds. The van der Waals surface area contributed by atoms with E-state index in [-0.39, 0.29) is 5.57 Å². The largest absolute Gasteiger partial charge is 0.493 e. The maximum absolute atomic E-state index is 12.4. The second-order valence-electron chi connectivity index (χ2n) is 5.22. The lowest BCUT2D eigenvalue weighted by Crippen LogP contribution is -2.13. The molecule has 0 aromatic heterocycles. The molecule has 0 atom stereocenters. The summed E-state index contributed by atoms with van der Waals surface area (Å²) in [7, 11) is 3.02. The van der Waals surface area contributed by atoms with E-state index in [1.807, 2.05) is 25.1 Å². The maximum Gasteiger partial charge on any atom is 0.266 e. The zero-order valence-electron chi connectivity index (χ0n) is 14.1. The molecule has 0 heterocycles. The van der Waals surface area contributed by atoms with Gasteiger partial charge in [-0.3, -0.25) is 4.79 Å². The number of nitrogens with one attached hydrogen (secondary N) is 1. The van der Waals surface area contributed by atoms with Gasteiger partial charge >= 0.3 is 0 Å². The third-order valence-electron chi connectivity index (χ3n) is 3.45. The molecule has 5 nitrogen and oxygen atoms in total. The van der Waals surface area contributed by atoms with Gasteiger partial charge in [-0.2, -0.15) is 5.26 Å². The van der Waals surface area contributed by atoms with Gasteiger partial charge in [0.1, 0.15) is 11.6 Å². The van der Waals surface area contributed by atoms with Crippen LogP contribution in [-0.4, -0.2) is 20.1 Å². The molecule has 25 heavy (non-hydrogen) atoms. The highest BCUT2D eigenvalue weighted by Gasteiger charge is 2.14. The predicted molar refractivity (Wildman–Crippen MR) is 101 cm³/mol. The fourth-order valence-corrected chi connectivity index (χ4v) is 2.66. The molecule has 1 N–H and O–H groups in total. The Kier molecular flexibility index (Phi) is 6.20. The summed E-state index contributed by atoms with van der Waals surface area (Å²) in [5.41, 5.74) is 2.22. The van der Waals surface area contributed by atoms with Crippen molar-refractivity contribution in [1.82, 2.24) is 0 Å². The molecule has 6 heteroatoms. The maximum atomic E-state index is 12.4. The van der Waals surface area contributed by atoms with Gasteiger partial charge in [-0.05, 0) is 37.3 Å². The quantitative estimate of drug-likeness (QED) is 0.599. The van der Waals surface area contributed by atoms with E-state index >= 15 is 0 Å². The van der Waals surface area contributed by atoms with E-state index in [0.717, 1.165) is 10.0 Å². The molecule has 0 spiro atoms. The van der Waals surface area contributed by atoms with Crippen LogP contribution in [0.15, 0.2) is 46.4 Å². The van der Waals surface area contributed by atoms with Crippen LogP contribution in [0.5, 0.6) is 11.5 Å². The predicted octanol–water partition coefficient (Wildman–Crippen LogP) is 4.32. The SMILES string of the molecule is COc1cc(Br)cc(C=C(C#N)C(=O)Nc2ccc(C)cc2)c1OC. The summed E-state index contributed by atoms with van der Waals surface area (Å²) in [6, 6.07) is 12.8. The fraction of sp³-hybridized carbons (Fsp3) is 0.158. The second-order valence-corrected chi connectivity index (χ2v) is 6.14. The number of aryl methyl sites for hydroxylation is 1. The van der Waals surface area contributed by atoms with Gasteiger partial charge in [0.15, 0.2) is 11.5 Å². The zero-order valence-corrected chi connectivity index (χ0v) is 15.7. The van der Waals surface area contributed by atoms with Crippen molar-refractivity contribution in [2.45, 2.75) is 6.92 Å². The van der Waals surface area contributed by atoms with E-state index in [9.17, 15) is 10.1 Å². The normalized spacial score (nSPS) is 10.8. The summed E-state index contributed by atoms with van der Waals surface area (Å²) in [5, 5.41) is 12.1. The number of hydrogen-bond donors (Lipinski definition) is 1. The van der Waals surface area contributed by atoms with Crippen molar-refractivity contribution in [2.75, 3.05) is 19.5 Å². The van der Waals surface area contributed by atoms with E-state index in [4.69, 9.17) is 9.47 Å². The van der Waals surface area contributed by atoms with Crippen molar-refractivity contribution in [3.05, 3.63) is 57.6 Å². The Morgan fingerprint density at radius 1 is 1.20 bits per heavy atom. The Morgan fingerprint density at radius 2 is 1.88 bits per heavy atom. The van der Waals surface area contributed by atoms with Gasteiger partial charge in [0.05, 0.1) is 14.2 Å². The summed E-state index contributed by atoms with van der Waals surface area (Å²) in [4.78, 5) is 12.4. The van der Waals surface area contributed by atoms with E-state index < -0.39 is 5.91 Å². The Bertz CT molecular complexity index is 852. The van der Waals surface area contributed by atoms with Crippen molar-refractivity contribution >= 4 is 33.6 Å². The third-order valence-corrected chi connectivity index (χ3v) is 3.90. The summed E-state index contributed by atoms with van der Waals surface area (Å²) in [6.07, 6.45) is 1.47.